The molecule has 0 radical (unpaired) electrons. The lowest BCUT2D eigenvalue weighted by molar-refractivity contribution is 0.0536. The third-order valence-electron chi connectivity index (χ3n) is 4.66. The lowest BCUT2D eigenvalue weighted by atomic mass is 9.77. The molecule has 0 saturated heterocycles. The van der Waals surface area contributed by atoms with Crippen molar-refractivity contribution in [1.82, 2.24) is 0 Å². The van der Waals surface area contributed by atoms with Crippen molar-refractivity contribution in [1.29, 1.82) is 0 Å². The fraction of sp³-hybridized carbons (Fsp3) is 0.455. The monoisotopic (exact) mass is 392 g/mol. The fourth-order valence-corrected chi connectivity index (χ4v) is 2.93. The fourth-order valence-electron chi connectivity index (χ4n) is 2.82. The van der Waals surface area contributed by atoms with Gasteiger partial charge in [-0.2, -0.15) is 0 Å². The molecule has 4 nitrogen and oxygen atoms in total. The van der Waals surface area contributed by atoms with E-state index in [1.54, 1.807) is 0 Å². The molecule has 0 saturated carbocycles. The Morgan fingerprint density at radius 3 is 2.30 bits per heavy atom. The topological polar surface area (TPSA) is 58.9 Å². The van der Waals surface area contributed by atoms with Crippen LogP contribution in [0.15, 0.2) is 42.5 Å². The van der Waals surface area contributed by atoms with Crippen LogP contribution in [0.1, 0.15) is 37.0 Å². The summed E-state index contributed by atoms with van der Waals surface area (Å²) < 4.78 is 11.3. The van der Waals surface area contributed by atoms with Crippen LogP contribution in [0, 0.1) is 6.92 Å². The molecule has 2 aromatic carbocycles. The lowest BCUT2D eigenvalue weighted by Gasteiger charge is -2.27. The highest BCUT2D eigenvalue weighted by atomic mass is 35.5. The summed E-state index contributed by atoms with van der Waals surface area (Å²) in [7, 11) is 0. The Morgan fingerprint density at radius 1 is 1.04 bits per heavy atom. The third kappa shape index (κ3) is 5.86. The zero-order valence-corrected chi connectivity index (χ0v) is 17.0. The van der Waals surface area contributed by atoms with E-state index >= 15 is 0 Å². The third-order valence-corrected chi connectivity index (χ3v) is 4.93. The molecule has 27 heavy (non-hydrogen) atoms. The molecule has 2 aromatic rings. The number of aliphatic hydroxyl groups excluding tert-OH is 2. The normalized spacial score (nSPS) is 12.7. The van der Waals surface area contributed by atoms with Gasteiger partial charge in [0.2, 0.25) is 0 Å². The van der Waals surface area contributed by atoms with E-state index in [4.69, 9.17) is 26.2 Å². The molecule has 2 N–H and O–H groups in total. The average molecular weight is 393 g/mol. The van der Waals surface area contributed by atoms with Gasteiger partial charge in [0.05, 0.1) is 13.2 Å². The summed E-state index contributed by atoms with van der Waals surface area (Å²) in [6.07, 6.45) is -0.0351. The average Bonchev–Trinajstić information content (AvgIpc) is 2.67. The first-order valence-electron chi connectivity index (χ1n) is 9.20. The highest BCUT2D eigenvalue weighted by Crippen LogP contribution is 2.34. The van der Waals surface area contributed by atoms with Crippen LogP contribution in [0.3, 0.4) is 0 Å². The number of rotatable bonds is 10. The Kier molecular flexibility index (Phi) is 7.96. The Hall–Kier alpha value is -1.75. The highest BCUT2D eigenvalue weighted by molar-refractivity contribution is 6.17. The van der Waals surface area contributed by atoms with Crippen molar-refractivity contribution in [3.63, 3.8) is 0 Å². The molecule has 0 amide bonds. The summed E-state index contributed by atoms with van der Waals surface area (Å²) in [6, 6.07) is 14.1. The first-order valence-corrected chi connectivity index (χ1v) is 9.74. The van der Waals surface area contributed by atoms with E-state index in [1.807, 2.05) is 30.3 Å². The van der Waals surface area contributed by atoms with Gasteiger partial charge in [-0.15, -0.1) is 11.6 Å². The second-order valence-electron chi connectivity index (χ2n) is 7.17. The molecule has 0 fully saturated rings. The molecule has 148 valence electrons. The number of aryl methyl sites for hydroxylation is 1. The molecule has 1 unspecified atom stereocenters. The number of alkyl halides is 1. The number of ether oxygens (including phenoxy) is 2. The van der Waals surface area contributed by atoms with Crippen LogP contribution in [0.5, 0.6) is 11.5 Å². The van der Waals surface area contributed by atoms with Crippen LogP contribution in [-0.2, 0) is 5.41 Å². The standard InChI is InChI=1S/C22H29ClO4/c1-16-13-18(7-10-21(16)26-12-4-11-23)22(2,3)17-5-8-20(9-6-17)27-15-19(25)14-24/h5-10,13,19,24-25H,4,11-12,14-15H2,1-3H3. The van der Waals surface area contributed by atoms with Crippen molar-refractivity contribution < 1.29 is 19.7 Å². The quantitative estimate of drug-likeness (QED) is 0.473. The first kappa shape index (κ1) is 21.5. The molecule has 1 atom stereocenters. The summed E-state index contributed by atoms with van der Waals surface area (Å²) >= 11 is 5.70. The molecular weight excluding hydrogens is 364 g/mol. The molecule has 0 heterocycles. The minimum absolute atomic E-state index is 0.0730. The zero-order chi connectivity index (χ0) is 19.9. The van der Waals surface area contributed by atoms with Gasteiger partial charge in [-0.05, 0) is 48.2 Å². The van der Waals surface area contributed by atoms with Gasteiger partial charge < -0.3 is 19.7 Å². The number of halogens is 1. The maximum Gasteiger partial charge on any atom is 0.122 e. The Morgan fingerprint density at radius 2 is 1.70 bits per heavy atom. The predicted molar refractivity (Wildman–Crippen MR) is 109 cm³/mol. The van der Waals surface area contributed by atoms with Crippen molar-refractivity contribution in [2.45, 2.75) is 38.7 Å². The zero-order valence-electron chi connectivity index (χ0n) is 16.2. The van der Waals surface area contributed by atoms with E-state index < -0.39 is 6.10 Å². The second kappa shape index (κ2) is 9.98. The molecule has 0 aliphatic carbocycles. The minimum atomic E-state index is -0.866. The van der Waals surface area contributed by atoms with E-state index in [0.29, 0.717) is 18.2 Å². The largest absolute Gasteiger partial charge is 0.493 e. The second-order valence-corrected chi connectivity index (χ2v) is 7.55. The maximum absolute atomic E-state index is 9.38. The molecule has 0 spiro atoms. The van der Waals surface area contributed by atoms with Gasteiger partial charge >= 0.3 is 0 Å². The lowest BCUT2D eigenvalue weighted by Crippen LogP contribution is -2.21. The van der Waals surface area contributed by atoms with Gasteiger partial charge in [0, 0.05) is 11.3 Å². The van der Waals surface area contributed by atoms with Gasteiger partial charge in [0.25, 0.3) is 0 Å². The van der Waals surface area contributed by atoms with Crippen molar-refractivity contribution >= 4 is 11.6 Å². The van der Waals surface area contributed by atoms with Crippen LogP contribution < -0.4 is 9.47 Å². The van der Waals surface area contributed by atoms with E-state index in [9.17, 15) is 5.11 Å². The van der Waals surface area contributed by atoms with Crippen LogP contribution in [-0.4, -0.2) is 42.0 Å². The van der Waals surface area contributed by atoms with Crippen molar-refractivity contribution in [3.8, 4) is 11.5 Å². The first-order chi connectivity index (χ1) is 12.9. The molecule has 0 aliphatic rings. The van der Waals surface area contributed by atoms with Crippen LogP contribution in [0.4, 0.5) is 0 Å². The SMILES string of the molecule is Cc1cc(C(C)(C)c2ccc(OCC(O)CO)cc2)ccc1OCCCCl. The van der Waals surface area contributed by atoms with E-state index in [0.717, 1.165) is 23.3 Å². The highest BCUT2D eigenvalue weighted by Gasteiger charge is 2.24. The number of hydrogen-bond acceptors (Lipinski definition) is 4. The molecule has 0 aromatic heterocycles. The van der Waals surface area contributed by atoms with Gasteiger partial charge in [0.15, 0.2) is 0 Å². The van der Waals surface area contributed by atoms with Crippen LogP contribution in [0.2, 0.25) is 0 Å². The van der Waals surface area contributed by atoms with Crippen molar-refractivity contribution in [2.24, 2.45) is 0 Å². The summed E-state index contributed by atoms with van der Waals surface area (Å²) in [5.74, 6) is 2.16. The molecule has 2 rings (SSSR count). The molecular formula is C22H29ClO4. The summed E-state index contributed by atoms with van der Waals surface area (Å²) in [5.41, 5.74) is 3.29. The number of benzene rings is 2. The van der Waals surface area contributed by atoms with Gasteiger partial charge in [-0.25, -0.2) is 0 Å². The Labute approximate surface area is 166 Å². The van der Waals surface area contributed by atoms with E-state index in [-0.39, 0.29) is 18.6 Å². The minimum Gasteiger partial charge on any atom is -0.493 e. The maximum atomic E-state index is 9.38. The summed E-state index contributed by atoms with van der Waals surface area (Å²) in [6.45, 7) is 6.81. The Bertz CT molecular complexity index is 713. The van der Waals surface area contributed by atoms with Gasteiger partial charge in [0.1, 0.15) is 24.2 Å². The summed E-state index contributed by atoms with van der Waals surface area (Å²) in [5, 5.41) is 18.2. The van der Waals surface area contributed by atoms with E-state index in [2.05, 4.69) is 32.9 Å². The number of hydrogen-bond donors (Lipinski definition) is 2. The predicted octanol–water partition coefficient (Wildman–Crippen LogP) is 4.06. The van der Waals surface area contributed by atoms with Crippen LogP contribution >= 0.6 is 11.6 Å². The van der Waals surface area contributed by atoms with E-state index in [1.165, 1.54) is 5.56 Å². The van der Waals surface area contributed by atoms with Crippen molar-refractivity contribution in [2.75, 3.05) is 25.7 Å². The molecule has 0 aliphatic heterocycles. The van der Waals surface area contributed by atoms with Gasteiger partial charge in [-0.1, -0.05) is 38.1 Å². The molecule has 0 bridgehead atoms. The molecule has 5 heteroatoms. The Balaban J connectivity index is 2.11. The number of aliphatic hydroxyl groups is 2. The van der Waals surface area contributed by atoms with Gasteiger partial charge in [-0.3, -0.25) is 0 Å². The summed E-state index contributed by atoms with van der Waals surface area (Å²) in [4.78, 5) is 0. The smallest absolute Gasteiger partial charge is 0.122 e. The van der Waals surface area contributed by atoms with Crippen LogP contribution in [0.25, 0.3) is 0 Å². The van der Waals surface area contributed by atoms with Crippen molar-refractivity contribution in [3.05, 3.63) is 59.2 Å².